The number of pyridine rings is 1. The number of H-pyrrole nitrogens is 1. The maximum Gasteiger partial charge on any atom is 0.159 e. The summed E-state index contributed by atoms with van der Waals surface area (Å²) in [7, 11) is 0. The quantitative estimate of drug-likeness (QED) is 0.737. The average Bonchev–Trinajstić information content (AvgIpc) is 2.83. The van der Waals surface area contributed by atoms with Gasteiger partial charge < -0.3 is 4.98 Å². The summed E-state index contributed by atoms with van der Waals surface area (Å²) < 4.78 is 25.8. The SMILES string of the molecule is Fc1ccc(/C=C/c2cc3ccncc3[nH]2)cc1F. The lowest BCUT2D eigenvalue weighted by molar-refractivity contribution is 0.508. The number of fused-ring (bicyclic) bond motifs is 1. The van der Waals surface area contributed by atoms with Crippen LogP contribution in [0.5, 0.6) is 0 Å². The second-order valence-electron chi connectivity index (χ2n) is 4.19. The molecule has 0 amide bonds. The molecule has 4 heteroatoms. The van der Waals surface area contributed by atoms with Gasteiger partial charge >= 0.3 is 0 Å². The summed E-state index contributed by atoms with van der Waals surface area (Å²) in [5, 5.41) is 1.06. The summed E-state index contributed by atoms with van der Waals surface area (Å²) >= 11 is 0. The first-order valence-corrected chi connectivity index (χ1v) is 5.78. The zero-order valence-electron chi connectivity index (χ0n) is 9.90. The Balaban J connectivity index is 1.91. The van der Waals surface area contributed by atoms with Crippen LogP contribution in [0.3, 0.4) is 0 Å². The predicted molar refractivity (Wildman–Crippen MR) is 71.4 cm³/mol. The molecule has 0 radical (unpaired) electrons. The van der Waals surface area contributed by atoms with Crippen LogP contribution >= 0.6 is 0 Å². The lowest BCUT2D eigenvalue weighted by Crippen LogP contribution is -1.83. The van der Waals surface area contributed by atoms with Gasteiger partial charge in [-0.3, -0.25) is 4.98 Å². The van der Waals surface area contributed by atoms with Crippen molar-refractivity contribution in [3.05, 3.63) is 65.6 Å². The molecule has 2 heterocycles. The highest BCUT2D eigenvalue weighted by atomic mass is 19.2. The van der Waals surface area contributed by atoms with Crippen molar-refractivity contribution in [2.75, 3.05) is 0 Å². The summed E-state index contributed by atoms with van der Waals surface area (Å²) in [5.41, 5.74) is 2.43. The highest BCUT2D eigenvalue weighted by Gasteiger charge is 2.01. The Morgan fingerprint density at radius 2 is 1.89 bits per heavy atom. The molecule has 1 aromatic carbocycles. The molecule has 0 aliphatic heterocycles. The molecule has 94 valence electrons. The van der Waals surface area contributed by atoms with Crippen molar-refractivity contribution >= 4 is 23.1 Å². The number of nitrogens with one attached hydrogen (secondary N) is 1. The summed E-state index contributed by atoms with van der Waals surface area (Å²) in [6.07, 6.45) is 7.00. The molecule has 2 aromatic heterocycles. The number of hydrogen-bond acceptors (Lipinski definition) is 1. The van der Waals surface area contributed by atoms with Crippen molar-refractivity contribution in [1.29, 1.82) is 0 Å². The Hall–Kier alpha value is -2.49. The monoisotopic (exact) mass is 256 g/mol. The second-order valence-corrected chi connectivity index (χ2v) is 4.19. The van der Waals surface area contributed by atoms with Crippen LogP contribution in [0, 0.1) is 11.6 Å². The van der Waals surface area contributed by atoms with E-state index in [1.807, 2.05) is 18.2 Å². The van der Waals surface area contributed by atoms with Crippen LogP contribution in [0.25, 0.3) is 23.1 Å². The van der Waals surface area contributed by atoms with Gasteiger partial charge in [0.25, 0.3) is 0 Å². The standard InChI is InChI=1S/C15H10F2N2/c16-13-4-2-10(7-14(13)17)1-3-12-8-11-5-6-18-9-15(11)19-12/h1-9,19H/b3-1+. The molecule has 0 unspecified atom stereocenters. The molecule has 0 aliphatic carbocycles. The maximum absolute atomic E-state index is 13.0. The molecule has 0 bridgehead atoms. The van der Waals surface area contributed by atoms with Crippen molar-refractivity contribution in [3.63, 3.8) is 0 Å². The van der Waals surface area contributed by atoms with Gasteiger partial charge in [0, 0.05) is 17.3 Å². The largest absolute Gasteiger partial charge is 0.354 e. The van der Waals surface area contributed by atoms with Crippen LogP contribution in [0.4, 0.5) is 8.78 Å². The molecule has 0 saturated heterocycles. The average molecular weight is 256 g/mol. The molecular formula is C15H10F2N2. The van der Waals surface area contributed by atoms with E-state index in [1.165, 1.54) is 6.07 Å². The van der Waals surface area contributed by atoms with Gasteiger partial charge in [-0.15, -0.1) is 0 Å². The molecule has 2 nitrogen and oxygen atoms in total. The smallest absolute Gasteiger partial charge is 0.159 e. The van der Waals surface area contributed by atoms with Crippen molar-refractivity contribution < 1.29 is 8.78 Å². The first kappa shape index (κ1) is 11.6. The number of halogens is 2. The van der Waals surface area contributed by atoms with E-state index in [0.717, 1.165) is 28.7 Å². The van der Waals surface area contributed by atoms with Gasteiger partial charge in [-0.05, 0) is 35.9 Å². The minimum Gasteiger partial charge on any atom is -0.354 e. The molecule has 19 heavy (non-hydrogen) atoms. The molecular weight excluding hydrogens is 246 g/mol. The van der Waals surface area contributed by atoms with Crippen LogP contribution in [-0.4, -0.2) is 9.97 Å². The Bertz CT molecular complexity index is 727. The van der Waals surface area contributed by atoms with Gasteiger partial charge in [0.1, 0.15) is 0 Å². The van der Waals surface area contributed by atoms with Crippen molar-refractivity contribution in [2.45, 2.75) is 0 Å². The third kappa shape index (κ3) is 2.38. The number of aromatic amines is 1. The van der Waals surface area contributed by atoms with Gasteiger partial charge in [0.15, 0.2) is 11.6 Å². The fourth-order valence-electron chi connectivity index (χ4n) is 1.89. The molecule has 3 rings (SSSR count). The molecule has 0 atom stereocenters. The second kappa shape index (κ2) is 4.65. The molecule has 3 aromatic rings. The van der Waals surface area contributed by atoms with Crippen LogP contribution in [0.2, 0.25) is 0 Å². The first-order chi connectivity index (χ1) is 9.22. The lowest BCUT2D eigenvalue weighted by atomic mass is 10.2. The number of benzene rings is 1. The normalized spacial score (nSPS) is 11.5. The zero-order valence-corrected chi connectivity index (χ0v) is 9.90. The summed E-state index contributed by atoms with van der Waals surface area (Å²) in [4.78, 5) is 7.19. The van der Waals surface area contributed by atoms with E-state index in [-0.39, 0.29) is 0 Å². The van der Waals surface area contributed by atoms with Crippen LogP contribution < -0.4 is 0 Å². The van der Waals surface area contributed by atoms with E-state index in [9.17, 15) is 8.78 Å². The van der Waals surface area contributed by atoms with Crippen LogP contribution in [0.15, 0.2) is 42.7 Å². The molecule has 0 spiro atoms. The number of hydrogen-bond donors (Lipinski definition) is 1. The van der Waals surface area contributed by atoms with E-state index in [1.54, 1.807) is 18.5 Å². The highest BCUT2D eigenvalue weighted by molar-refractivity contribution is 5.83. The summed E-state index contributed by atoms with van der Waals surface area (Å²) in [6, 6.07) is 7.67. The predicted octanol–water partition coefficient (Wildman–Crippen LogP) is 4.01. The van der Waals surface area contributed by atoms with Crippen molar-refractivity contribution in [2.24, 2.45) is 0 Å². The fourth-order valence-corrected chi connectivity index (χ4v) is 1.89. The summed E-state index contributed by atoms with van der Waals surface area (Å²) in [5.74, 6) is -1.68. The van der Waals surface area contributed by atoms with Crippen LogP contribution in [0.1, 0.15) is 11.3 Å². The number of nitrogens with zero attached hydrogens (tertiary/aromatic N) is 1. The molecule has 0 saturated carbocycles. The van der Waals surface area contributed by atoms with E-state index in [4.69, 9.17) is 0 Å². The minimum atomic E-state index is -0.844. The third-order valence-corrected chi connectivity index (χ3v) is 2.84. The van der Waals surface area contributed by atoms with Gasteiger partial charge in [0.05, 0.1) is 11.7 Å². The molecule has 1 N–H and O–H groups in total. The maximum atomic E-state index is 13.0. The Labute approximate surface area is 108 Å². The van der Waals surface area contributed by atoms with Gasteiger partial charge in [-0.25, -0.2) is 8.78 Å². The molecule has 0 aliphatic rings. The lowest BCUT2D eigenvalue weighted by Gasteiger charge is -1.95. The molecule has 0 fully saturated rings. The van der Waals surface area contributed by atoms with Gasteiger partial charge in [-0.2, -0.15) is 0 Å². The van der Waals surface area contributed by atoms with E-state index >= 15 is 0 Å². The van der Waals surface area contributed by atoms with Gasteiger partial charge in [0.2, 0.25) is 0 Å². The van der Waals surface area contributed by atoms with Crippen molar-refractivity contribution in [1.82, 2.24) is 9.97 Å². The zero-order chi connectivity index (χ0) is 13.2. The Kier molecular flexibility index (Phi) is 2.83. The Morgan fingerprint density at radius 1 is 1.00 bits per heavy atom. The minimum absolute atomic E-state index is 0.607. The van der Waals surface area contributed by atoms with Gasteiger partial charge in [-0.1, -0.05) is 12.1 Å². The summed E-state index contributed by atoms with van der Waals surface area (Å²) in [6.45, 7) is 0. The topological polar surface area (TPSA) is 28.7 Å². The van der Waals surface area contributed by atoms with Crippen LogP contribution in [-0.2, 0) is 0 Å². The van der Waals surface area contributed by atoms with Crippen molar-refractivity contribution in [3.8, 4) is 0 Å². The van der Waals surface area contributed by atoms with E-state index in [0.29, 0.717) is 5.56 Å². The fraction of sp³-hybridized carbons (Fsp3) is 0. The third-order valence-electron chi connectivity index (χ3n) is 2.84. The number of rotatable bonds is 2. The highest BCUT2D eigenvalue weighted by Crippen LogP contribution is 2.16. The Morgan fingerprint density at radius 3 is 2.68 bits per heavy atom. The first-order valence-electron chi connectivity index (χ1n) is 5.78. The number of aromatic nitrogens is 2. The van der Waals surface area contributed by atoms with E-state index in [2.05, 4.69) is 9.97 Å². The van der Waals surface area contributed by atoms with E-state index < -0.39 is 11.6 Å².